The Bertz CT molecular complexity index is 1220. The Kier molecular flexibility index (Phi) is 5.66. The van der Waals surface area contributed by atoms with Crippen LogP contribution in [0.25, 0.3) is 16.7 Å². The van der Waals surface area contributed by atoms with Gasteiger partial charge in [-0.3, -0.25) is 4.79 Å². The van der Waals surface area contributed by atoms with Crippen LogP contribution in [0.2, 0.25) is 0 Å². The molecule has 4 rings (SSSR count). The van der Waals surface area contributed by atoms with Gasteiger partial charge in [0.15, 0.2) is 11.8 Å². The Hall–Kier alpha value is -3.74. The number of fused-ring (bicyclic) bond motifs is 1. The van der Waals surface area contributed by atoms with Crippen LogP contribution in [0.3, 0.4) is 0 Å². The quantitative estimate of drug-likeness (QED) is 0.508. The maximum atomic E-state index is 13.0. The number of carbonyl (C=O) groups is 1. The lowest BCUT2D eigenvalue weighted by atomic mass is 10.1. The number of amides is 1. The molecule has 158 valence electrons. The number of ether oxygens (including phenoxy) is 1. The maximum Gasteiger partial charge on any atom is 0.261 e. The van der Waals surface area contributed by atoms with Gasteiger partial charge in [0.05, 0.1) is 11.4 Å². The Labute approximate surface area is 179 Å². The van der Waals surface area contributed by atoms with Crippen molar-refractivity contribution in [2.45, 2.75) is 33.4 Å². The van der Waals surface area contributed by atoms with Crippen LogP contribution >= 0.6 is 0 Å². The molecule has 2 aromatic carbocycles. The number of nitrogens with zero attached hydrogens (tertiary/aromatic N) is 3. The first-order valence-corrected chi connectivity index (χ1v) is 10.0. The van der Waals surface area contributed by atoms with E-state index in [9.17, 15) is 9.18 Å². The fourth-order valence-electron chi connectivity index (χ4n) is 3.45. The number of aryl methyl sites for hydroxylation is 2. The highest BCUT2D eigenvalue weighted by molar-refractivity contribution is 5.84. The predicted molar refractivity (Wildman–Crippen MR) is 117 cm³/mol. The van der Waals surface area contributed by atoms with Crippen LogP contribution in [0.5, 0.6) is 5.88 Å². The molecule has 0 aliphatic carbocycles. The van der Waals surface area contributed by atoms with Gasteiger partial charge in [0, 0.05) is 18.0 Å². The number of hydrogen-bond acceptors (Lipinski definition) is 4. The standard InChI is InChI=1S/C24H23FN4O2/c1-15-13-21(31-17(3)24(30)26-14-18-9-11-19(25)12-10-18)27-23-22(15)16(2)28-29(23)20-7-5-4-6-8-20/h4-13,17H,14H2,1-3H3,(H,26,30)/t17-/m1/s1. The molecule has 0 aliphatic rings. The molecule has 0 unspecified atom stereocenters. The van der Waals surface area contributed by atoms with Crippen LogP contribution in [-0.4, -0.2) is 26.8 Å². The molecule has 2 heterocycles. The number of halogens is 1. The summed E-state index contributed by atoms with van der Waals surface area (Å²) in [6.45, 7) is 5.88. The first kappa shape index (κ1) is 20.5. The summed E-state index contributed by atoms with van der Waals surface area (Å²) in [7, 11) is 0. The molecule has 1 N–H and O–H groups in total. The molecule has 4 aromatic rings. The van der Waals surface area contributed by atoms with E-state index in [0.717, 1.165) is 27.9 Å². The summed E-state index contributed by atoms with van der Waals surface area (Å²) >= 11 is 0. The van der Waals surface area contributed by atoms with Crippen molar-refractivity contribution in [3.8, 4) is 11.6 Å². The van der Waals surface area contributed by atoms with Crippen molar-refractivity contribution in [3.05, 3.63) is 83.3 Å². The van der Waals surface area contributed by atoms with E-state index < -0.39 is 6.10 Å². The SMILES string of the molecule is Cc1cc(O[C@H](C)C(=O)NCc2ccc(F)cc2)nc2c1c(C)nn2-c1ccccc1. The van der Waals surface area contributed by atoms with E-state index in [-0.39, 0.29) is 18.3 Å². The Balaban J connectivity index is 1.54. The molecule has 1 amide bonds. The molecule has 0 radical (unpaired) electrons. The largest absolute Gasteiger partial charge is 0.464 e. The highest BCUT2D eigenvalue weighted by atomic mass is 19.1. The van der Waals surface area contributed by atoms with E-state index in [0.29, 0.717) is 11.5 Å². The first-order valence-electron chi connectivity index (χ1n) is 10.0. The highest BCUT2D eigenvalue weighted by Crippen LogP contribution is 2.27. The second kappa shape index (κ2) is 8.55. The molecule has 31 heavy (non-hydrogen) atoms. The fraction of sp³-hybridized carbons (Fsp3) is 0.208. The van der Waals surface area contributed by atoms with Crippen molar-refractivity contribution < 1.29 is 13.9 Å². The van der Waals surface area contributed by atoms with Crippen molar-refractivity contribution in [1.82, 2.24) is 20.1 Å². The molecule has 0 saturated carbocycles. The van der Waals surface area contributed by atoms with Crippen molar-refractivity contribution in [1.29, 1.82) is 0 Å². The van der Waals surface area contributed by atoms with Gasteiger partial charge < -0.3 is 10.1 Å². The summed E-state index contributed by atoms with van der Waals surface area (Å²) in [5.41, 5.74) is 4.23. The van der Waals surface area contributed by atoms with E-state index >= 15 is 0 Å². The van der Waals surface area contributed by atoms with Crippen LogP contribution in [0, 0.1) is 19.7 Å². The molecule has 2 aromatic heterocycles. The van der Waals surface area contributed by atoms with Crippen LogP contribution in [0.4, 0.5) is 4.39 Å². The fourth-order valence-corrected chi connectivity index (χ4v) is 3.45. The van der Waals surface area contributed by atoms with E-state index in [2.05, 4.69) is 15.4 Å². The highest BCUT2D eigenvalue weighted by Gasteiger charge is 2.19. The molecular weight excluding hydrogens is 395 g/mol. The molecule has 0 saturated heterocycles. The van der Waals surface area contributed by atoms with Gasteiger partial charge in [-0.15, -0.1) is 0 Å². The molecule has 7 heteroatoms. The number of aromatic nitrogens is 3. The van der Waals surface area contributed by atoms with Crippen LogP contribution in [0.1, 0.15) is 23.7 Å². The van der Waals surface area contributed by atoms with Gasteiger partial charge >= 0.3 is 0 Å². The summed E-state index contributed by atoms with van der Waals surface area (Å²) in [4.78, 5) is 17.1. The Morgan fingerprint density at radius 2 is 1.84 bits per heavy atom. The number of rotatable bonds is 6. The zero-order chi connectivity index (χ0) is 22.0. The molecule has 0 spiro atoms. The molecule has 0 aliphatic heterocycles. The minimum absolute atomic E-state index is 0.281. The number of benzene rings is 2. The normalized spacial score (nSPS) is 12.0. The third-order valence-corrected chi connectivity index (χ3v) is 5.03. The lowest BCUT2D eigenvalue weighted by Gasteiger charge is -2.15. The number of carbonyl (C=O) groups excluding carboxylic acids is 1. The van der Waals surface area contributed by atoms with Gasteiger partial charge in [-0.1, -0.05) is 30.3 Å². The summed E-state index contributed by atoms with van der Waals surface area (Å²) in [5, 5.41) is 8.40. The minimum Gasteiger partial charge on any atom is -0.464 e. The average Bonchev–Trinajstić information content (AvgIpc) is 3.10. The second-order valence-corrected chi connectivity index (χ2v) is 7.41. The molecular formula is C24H23FN4O2. The van der Waals surface area contributed by atoms with Gasteiger partial charge in [0.25, 0.3) is 5.91 Å². The smallest absolute Gasteiger partial charge is 0.261 e. The monoisotopic (exact) mass is 418 g/mol. The topological polar surface area (TPSA) is 69.0 Å². The molecule has 1 atom stereocenters. The van der Waals surface area contributed by atoms with Gasteiger partial charge in [-0.2, -0.15) is 10.1 Å². The number of para-hydroxylation sites is 1. The zero-order valence-corrected chi connectivity index (χ0v) is 17.6. The van der Waals surface area contributed by atoms with E-state index in [4.69, 9.17) is 4.74 Å². The van der Waals surface area contributed by atoms with Crippen molar-refractivity contribution >= 4 is 16.9 Å². The number of nitrogens with one attached hydrogen (secondary N) is 1. The lowest BCUT2D eigenvalue weighted by molar-refractivity contribution is -0.127. The predicted octanol–water partition coefficient (Wildman–Crippen LogP) is 4.26. The Morgan fingerprint density at radius 1 is 1.13 bits per heavy atom. The first-order chi connectivity index (χ1) is 14.9. The summed E-state index contributed by atoms with van der Waals surface area (Å²) in [6.07, 6.45) is -0.751. The third kappa shape index (κ3) is 4.40. The third-order valence-electron chi connectivity index (χ3n) is 5.03. The maximum absolute atomic E-state index is 13.0. The van der Waals surface area contributed by atoms with E-state index in [1.54, 1.807) is 23.7 Å². The number of pyridine rings is 1. The lowest BCUT2D eigenvalue weighted by Crippen LogP contribution is -2.36. The van der Waals surface area contributed by atoms with Gasteiger partial charge in [0.2, 0.25) is 5.88 Å². The molecule has 0 fully saturated rings. The van der Waals surface area contributed by atoms with Crippen LogP contribution < -0.4 is 10.1 Å². The van der Waals surface area contributed by atoms with Gasteiger partial charge in [-0.25, -0.2) is 9.07 Å². The number of hydrogen-bond donors (Lipinski definition) is 1. The molecule has 6 nitrogen and oxygen atoms in total. The summed E-state index contributed by atoms with van der Waals surface area (Å²) < 4.78 is 20.6. The van der Waals surface area contributed by atoms with E-state index in [1.807, 2.05) is 50.2 Å². The van der Waals surface area contributed by atoms with Crippen molar-refractivity contribution in [2.24, 2.45) is 0 Å². The summed E-state index contributed by atoms with van der Waals surface area (Å²) in [5.74, 6) is -0.239. The minimum atomic E-state index is -0.751. The Morgan fingerprint density at radius 3 is 2.55 bits per heavy atom. The van der Waals surface area contributed by atoms with Crippen LogP contribution in [-0.2, 0) is 11.3 Å². The zero-order valence-electron chi connectivity index (χ0n) is 17.6. The van der Waals surface area contributed by atoms with Crippen molar-refractivity contribution in [3.63, 3.8) is 0 Å². The van der Waals surface area contributed by atoms with Gasteiger partial charge in [-0.05, 0) is 56.2 Å². The van der Waals surface area contributed by atoms with E-state index in [1.165, 1.54) is 12.1 Å². The van der Waals surface area contributed by atoms with Crippen molar-refractivity contribution in [2.75, 3.05) is 0 Å². The summed E-state index contributed by atoms with van der Waals surface area (Å²) in [6, 6.07) is 17.6. The van der Waals surface area contributed by atoms with Gasteiger partial charge in [0.1, 0.15) is 5.82 Å². The van der Waals surface area contributed by atoms with Crippen LogP contribution in [0.15, 0.2) is 60.7 Å². The molecule has 0 bridgehead atoms. The average molecular weight is 418 g/mol. The second-order valence-electron chi connectivity index (χ2n) is 7.41.